The Morgan fingerprint density at radius 2 is 1.62 bits per heavy atom. The van der Waals surface area contributed by atoms with Crippen molar-refractivity contribution in [1.82, 2.24) is 15.0 Å². The summed E-state index contributed by atoms with van der Waals surface area (Å²) in [6.45, 7) is 4.50. The number of benzene rings is 1. The third-order valence-electron chi connectivity index (χ3n) is 5.63. The molecule has 0 unspecified atom stereocenters. The molecule has 3 heterocycles. The molecule has 1 aliphatic rings. The topological polar surface area (TPSA) is 45.2 Å². The molecule has 0 amide bonds. The van der Waals surface area contributed by atoms with Crippen molar-refractivity contribution >= 4 is 11.8 Å². The molecule has 0 saturated carbocycles. The first-order valence-electron chi connectivity index (χ1n) is 10.5. The predicted molar refractivity (Wildman–Crippen MR) is 115 cm³/mol. The lowest BCUT2D eigenvalue weighted by Gasteiger charge is -2.41. The zero-order chi connectivity index (χ0) is 24.7. The van der Waals surface area contributed by atoms with Crippen molar-refractivity contribution in [2.24, 2.45) is 0 Å². The van der Waals surface area contributed by atoms with E-state index in [9.17, 15) is 26.3 Å². The number of pyridine rings is 1. The van der Waals surface area contributed by atoms with Crippen LogP contribution < -0.4 is 9.80 Å². The minimum absolute atomic E-state index is 0.114. The first-order chi connectivity index (χ1) is 15.9. The van der Waals surface area contributed by atoms with E-state index in [0.29, 0.717) is 29.4 Å². The molecule has 4 rings (SSSR count). The Morgan fingerprint density at radius 3 is 2.24 bits per heavy atom. The number of aryl methyl sites for hydroxylation is 1. The summed E-state index contributed by atoms with van der Waals surface area (Å²) in [5, 5.41) is 0. The van der Waals surface area contributed by atoms with E-state index in [2.05, 4.69) is 15.0 Å². The van der Waals surface area contributed by atoms with E-state index in [-0.39, 0.29) is 24.9 Å². The number of aromatic nitrogens is 3. The molecule has 0 radical (unpaired) electrons. The highest BCUT2D eigenvalue weighted by molar-refractivity contribution is 5.62. The van der Waals surface area contributed by atoms with Crippen molar-refractivity contribution < 1.29 is 26.3 Å². The van der Waals surface area contributed by atoms with Gasteiger partial charge in [-0.25, -0.2) is 15.0 Å². The normalized spacial score (nSPS) is 17.2. The molecule has 0 aliphatic carbocycles. The minimum atomic E-state index is -4.51. The molecule has 11 heteroatoms. The number of piperazine rings is 1. The summed E-state index contributed by atoms with van der Waals surface area (Å²) in [5.74, 6) is 0.260. The maximum atomic E-state index is 13.4. The van der Waals surface area contributed by atoms with Gasteiger partial charge >= 0.3 is 12.4 Å². The highest BCUT2D eigenvalue weighted by Crippen LogP contribution is 2.36. The first-order valence-corrected chi connectivity index (χ1v) is 10.5. The quantitative estimate of drug-likeness (QED) is 0.456. The van der Waals surface area contributed by atoms with Crippen LogP contribution in [0.2, 0.25) is 0 Å². The molecule has 0 spiro atoms. The maximum absolute atomic E-state index is 13.4. The van der Waals surface area contributed by atoms with Crippen LogP contribution in [0.25, 0.3) is 11.3 Å². The van der Waals surface area contributed by atoms with Gasteiger partial charge in [-0.05, 0) is 44.2 Å². The molecule has 1 aliphatic heterocycles. The summed E-state index contributed by atoms with van der Waals surface area (Å²) in [5.41, 5.74) is 0.0645. The highest BCUT2D eigenvalue weighted by atomic mass is 19.4. The average molecular weight is 481 g/mol. The summed E-state index contributed by atoms with van der Waals surface area (Å²) in [4.78, 5) is 16.5. The van der Waals surface area contributed by atoms with Gasteiger partial charge in [-0.3, -0.25) is 0 Å². The van der Waals surface area contributed by atoms with Crippen LogP contribution in [0.4, 0.5) is 38.1 Å². The Kier molecular flexibility index (Phi) is 6.13. The van der Waals surface area contributed by atoms with Gasteiger partial charge in [0.15, 0.2) is 0 Å². The smallest absolute Gasteiger partial charge is 0.352 e. The largest absolute Gasteiger partial charge is 0.419 e. The molecule has 5 nitrogen and oxygen atoms in total. The van der Waals surface area contributed by atoms with Crippen LogP contribution in [0.15, 0.2) is 48.7 Å². The summed E-state index contributed by atoms with van der Waals surface area (Å²) >= 11 is 0. The van der Waals surface area contributed by atoms with E-state index >= 15 is 0 Å². The van der Waals surface area contributed by atoms with E-state index < -0.39 is 23.5 Å². The number of halogens is 6. The zero-order valence-electron chi connectivity index (χ0n) is 18.3. The fourth-order valence-corrected chi connectivity index (χ4v) is 3.98. The molecule has 3 aromatic rings. The van der Waals surface area contributed by atoms with E-state index in [1.807, 2.05) is 11.8 Å². The number of anilines is 2. The molecule has 1 fully saturated rings. The molecule has 180 valence electrons. The van der Waals surface area contributed by atoms with Gasteiger partial charge in [0.2, 0.25) is 5.95 Å². The molecule has 0 N–H and O–H groups in total. The second kappa shape index (κ2) is 8.77. The van der Waals surface area contributed by atoms with Gasteiger partial charge in [-0.15, -0.1) is 0 Å². The van der Waals surface area contributed by atoms with E-state index in [0.717, 1.165) is 18.2 Å². The van der Waals surface area contributed by atoms with Crippen molar-refractivity contribution in [2.75, 3.05) is 29.4 Å². The summed E-state index contributed by atoms with van der Waals surface area (Å²) in [6.07, 6.45) is -7.61. The first kappa shape index (κ1) is 23.8. The minimum Gasteiger partial charge on any atom is -0.352 e. The lowest BCUT2D eigenvalue weighted by molar-refractivity contribution is -0.138. The van der Waals surface area contributed by atoms with Crippen molar-refractivity contribution in [1.29, 1.82) is 0 Å². The number of nitrogens with zero attached hydrogens (tertiary/aromatic N) is 5. The summed E-state index contributed by atoms with van der Waals surface area (Å²) < 4.78 is 78.9. The highest BCUT2D eigenvalue weighted by Gasteiger charge is 2.37. The number of hydrogen-bond donors (Lipinski definition) is 0. The van der Waals surface area contributed by atoms with Crippen LogP contribution >= 0.6 is 0 Å². The van der Waals surface area contributed by atoms with E-state index in [4.69, 9.17) is 0 Å². The lowest BCUT2D eigenvalue weighted by Crippen LogP contribution is -2.53. The van der Waals surface area contributed by atoms with Gasteiger partial charge in [-0.2, -0.15) is 26.3 Å². The summed E-state index contributed by atoms with van der Waals surface area (Å²) in [6, 6.07) is 8.42. The Labute approximate surface area is 192 Å². The fourth-order valence-electron chi connectivity index (χ4n) is 3.98. The molecular formula is C23H21F6N5. The number of hydrogen-bond acceptors (Lipinski definition) is 5. The second-order valence-electron chi connectivity index (χ2n) is 8.13. The predicted octanol–water partition coefficient (Wildman–Crippen LogP) is 5.60. The van der Waals surface area contributed by atoms with Crippen LogP contribution in [-0.4, -0.2) is 40.6 Å². The van der Waals surface area contributed by atoms with Crippen molar-refractivity contribution in [3.8, 4) is 11.3 Å². The number of alkyl halides is 6. The average Bonchev–Trinajstić information content (AvgIpc) is 2.77. The van der Waals surface area contributed by atoms with Crippen molar-refractivity contribution in [3.63, 3.8) is 0 Å². The third-order valence-corrected chi connectivity index (χ3v) is 5.63. The van der Waals surface area contributed by atoms with E-state index in [1.165, 1.54) is 24.4 Å². The SMILES string of the molecule is Cc1cc(-c2ccc(C(F)(F)F)cc2)nc(N2CCN(c3ncccc3C(F)(F)F)C[C@@H]2C)n1. The maximum Gasteiger partial charge on any atom is 0.419 e. The van der Waals surface area contributed by atoms with Crippen molar-refractivity contribution in [3.05, 3.63) is 65.5 Å². The Balaban J connectivity index is 1.57. The van der Waals surface area contributed by atoms with Crippen LogP contribution in [0.5, 0.6) is 0 Å². The lowest BCUT2D eigenvalue weighted by atomic mass is 10.1. The second-order valence-corrected chi connectivity index (χ2v) is 8.13. The Hall–Kier alpha value is -3.37. The van der Waals surface area contributed by atoms with Gasteiger partial charge in [0.25, 0.3) is 0 Å². The van der Waals surface area contributed by atoms with Crippen LogP contribution in [0.3, 0.4) is 0 Å². The molecule has 1 saturated heterocycles. The molecule has 2 aromatic heterocycles. The van der Waals surface area contributed by atoms with Gasteiger partial charge in [0.05, 0.1) is 16.8 Å². The van der Waals surface area contributed by atoms with Crippen LogP contribution in [0.1, 0.15) is 23.7 Å². The molecule has 1 atom stereocenters. The van der Waals surface area contributed by atoms with Crippen LogP contribution in [-0.2, 0) is 12.4 Å². The molecule has 1 aromatic carbocycles. The summed E-state index contributed by atoms with van der Waals surface area (Å²) in [7, 11) is 0. The standard InChI is InChI=1S/C23H21F6N5/c1-14-12-19(16-5-7-17(8-6-16)22(24,25)26)32-21(31-14)34-11-10-33(13-15(34)2)20-18(23(27,28)29)4-3-9-30-20/h3-9,12,15H,10-11,13H2,1-2H3/t15-/m0/s1. The third kappa shape index (κ3) is 4.92. The fraction of sp³-hybridized carbons (Fsp3) is 0.348. The van der Waals surface area contributed by atoms with Gasteiger partial charge in [0, 0.05) is 43.1 Å². The Morgan fingerprint density at radius 1 is 0.912 bits per heavy atom. The molecule has 34 heavy (non-hydrogen) atoms. The van der Waals surface area contributed by atoms with Gasteiger partial charge in [-0.1, -0.05) is 12.1 Å². The van der Waals surface area contributed by atoms with E-state index in [1.54, 1.807) is 17.9 Å². The molecular weight excluding hydrogens is 460 g/mol. The Bertz CT molecular complexity index is 1160. The zero-order valence-corrected chi connectivity index (χ0v) is 18.3. The van der Waals surface area contributed by atoms with Gasteiger partial charge in [0.1, 0.15) is 5.82 Å². The van der Waals surface area contributed by atoms with Crippen molar-refractivity contribution in [2.45, 2.75) is 32.2 Å². The number of rotatable bonds is 3. The monoisotopic (exact) mass is 481 g/mol. The van der Waals surface area contributed by atoms with Gasteiger partial charge < -0.3 is 9.80 Å². The van der Waals surface area contributed by atoms with Crippen LogP contribution in [0, 0.1) is 6.92 Å². The molecule has 0 bridgehead atoms.